The van der Waals surface area contributed by atoms with Crippen molar-refractivity contribution in [1.29, 1.82) is 0 Å². The molecule has 1 aromatic heterocycles. The van der Waals surface area contributed by atoms with Gasteiger partial charge >= 0.3 is 0 Å². The SMILES string of the molecule is CS(=O)(=O)NCc1csc2c1S(=O)(=O)N=C(C1C(=O)[C@H]3CCCC[C@H]3N(Cc3ccc(F)cc3F)C1=O)N2. The molecule has 1 amide bonds. The quantitative estimate of drug-likeness (QED) is 0.495. The fourth-order valence-corrected chi connectivity index (χ4v) is 8.35. The number of ketones is 1. The van der Waals surface area contributed by atoms with Gasteiger partial charge in [-0.2, -0.15) is 8.42 Å². The molecule has 2 aliphatic heterocycles. The maximum absolute atomic E-state index is 14.5. The Balaban J connectivity index is 1.50. The molecule has 3 aliphatic rings. The Morgan fingerprint density at radius 1 is 1.18 bits per heavy atom. The van der Waals surface area contributed by atoms with Gasteiger partial charge in [0, 0.05) is 42.2 Å². The monoisotopic (exact) mass is 586 g/mol. The number of carbonyl (C=O) groups excluding carboxylic acids is 2. The summed E-state index contributed by atoms with van der Waals surface area (Å²) in [6.45, 7) is -0.486. The molecule has 1 saturated carbocycles. The van der Waals surface area contributed by atoms with Gasteiger partial charge in [0.25, 0.3) is 10.0 Å². The van der Waals surface area contributed by atoms with Crippen LogP contribution in [0.4, 0.5) is 13.8 Å². The molecule has 1 aliphatic carbocycles. The van der Waals surface area contributed by atoms with Crippen molar-refractivity contribution in [2.24, 2.45) is 16.2 Å². The summed E-state index contributed by atoms with van der Waals surface area (Å²) in [5.41, 5.74) is 0.250. The van der Waals surface area contributed by atoms with Crippen molar-refractivity contribution in [3.63, 3.8) is 0 Å². The van der Waals surface area contributed by atoms with E-state index in [1.165, 1.54) is 16.3 Å². The van der Waals surface area contributed by atoms with Crippen LogP contribution in [0, 0.1) is 23.5 Å². The van der Waals surface area contributed by atoms with Crippen molar-refractivity contribution in [2.45, 2.75) is 49.7 Å². The van der Waals surface area contributed by atoms with Gasteiger partial charge in [-0.05, 0) is 24.3 Å². The summed E-state index contributed by atoms with van der Waals surface area (Å²) in [5, 5.41) is 4.39. The zero-order chi connectivity index (χ0) is 27.4. The molecule has 0 spiro atoms. The van der Waals surface area contributed by atoms with Crippen LogP contribution in [0.5, 0.6) is 0 Å². The smallest absolute Gasteiger partial charge is 0.287 e. The predicted molar refractivity (Wildman–Crippen MR) is 135 cm³/mol. The second-order valence-electron chi connectivity index (χ2n) is 9.58. The normalized spacial score (nSPS) is 24.9. The maximum Gasteiger partial charge on any atom is 0.287 e. The topological polar surface area (TPSA) is 142 Å². The Hall–Kier alpha value is -2.75. The number of hydrogen-bond acceptors (Lipinski definition) is 8. The molecule has 10 nitrogen and oxygen atoms in total. The number of thiophene rings is 1. The van der Waals surface area contributed by atoms with E-state index in [4.69, 9.17) is 0 Å². The third kappa shape index (κ3) is 4.99. The van der Waals surface area contributed by atoms with E-state index in [9.17, 15) is 35.2 Å². The number of rotatable bonds is 6. The number of piperidine rings is 1. The zero-order valence-electron chi connectivity index (χ0n) is 20.1. The van der Waals surface area contributed by atoms with E-state index < -0.39 is 61.2 Å². The largest absolute Gasteiger partial charge is 0.334 e. The highest BCUT2D eigenvalue weighted by Gasteiger charge is 2.51. The van der Waals surface area contributed by atoms with Gasteiger partial charge in [0.15, 0.2) is 11.7 Å². The van der Waals surface area contributed by atoms with E-state index in [0.29, 0.717) is 12.8 Å². The van der Waals surface area contributed by atoms with E-state index in [0.717, 1.165) is 42.6 Å². The Morgan fingerprint density at radius 2 is 1.92 bits per heavy atom. The number of likely N-dealkylation sites (tertiary alicyclic amines) is 1. The van der Waals surface area contributed by atoms with E-state index in [1.54, 1.807) is 0 Å². The molecule has 3 heterocycles. The number of Topliss-reactive ketones (excluding diaryl/α,β-unsaturated/α-hetero) is 1. The molecule has 1 saturated heterocycles. The second kappa shape index (κ2) is 9.77. The minimum absolute atomic E-state index is 0.0758. The molecule has 15 heteroatoms. The fourth-order valence-electron chi connectivity index (χ4n) is 5.28. The van der Waals surface area contributed by atoms with E-state index in [2.05, 4.69) is 14.4 Å². The first-order valence-electron chi connectivity index (χ1n) is 11.8. The van der Waals surface area contributed by atoms with Crippen LogP contribution >= 0.6 is 11.3 Å². The first-order valence-corrected chi connectivity index (χ1v) is 16.0. The van der Waals surface area contributed by atoms with Gasteiger partial charge in [0.2, 0.25) is 15.9 Å². The average Bonchev–Trinajstić information content (AvgIpc) is 3.25. The van der Waals surface area contributed by atoms with Gasteiger partial charge in [0.1, 0.15) is 27.4 Å². The third-order valence-corrected chi connectivity index (χ3v) is 10.2. The number of hydrogen-bond donors (Lipinski definition) is 2. The molecule has 2 aromatic rings. The van der Waals surface area contributed by atoms with Crippen LogP contribution < -0.4 is 10.0 Å². The second-order valence-corrected chi connectivity index (χ2v) is 13.8. The number of amidine groups is 1. The minimum Gasteiger partial charge on any atom is -0.334 e. The van der Waals surface area contributed by atoms with Crippen molar-refractivity contribution < 1.29 is 35.2 Å². The highest BCUT2D eigenvalue weighted by Crippen LogP contribution is 2.41. The molecule has 204 valence electrons. The van der Waals surface area contributed by atoms with E-state index in [-0.39, 0.29) is 39.9 Å². The van der Waals surface area contributed by atoms with Crippen LogP contribution in [0.2, 0.25) is 0 Å². The molecule has 0 radical (unpaired) electrons. The van der Waals surface area contributed by atoms with Gasteiger partial charge in [-0.3, -0.25) is 9.59 Å². The number of sulfonamides is 2. The number of halogens is 2. The van der Waals surface area contributed by atoms with Crippen LogP contribution in [0.15, 0.2) is 32.9 Å². The Labute approximate surface area is 222 Å². The van der Waals surface area contributed by atoms with E-state index >= 15 is 0 Å². The zero-order valence-corrected chi connectivity index (χ0v) is 22.6. The summed E-state index contributed by atoms with van der Waals surface area (Å²) in [4.78, 5) is 28.5. The summed E-state index contributed by atoms with van der Waals surface area (Å²) in [6.07, 6.45) is 3.47. The number of nitrogens with one attached hydrogen (secondary N) is 2. The van der Waals surface area contributed by atoms with Crippen LogP contribution in [-0.4, -0.2) is 51.6 Å². The average molecular weight is 587 g/mol. The van der Waals surface area contributed by atoms with Crippen molar-refractivity contribution in [2.75, 3.05) is 11.6 Å². The van der Waals surface area contributed by atoms with E-state index in [1.807, 2.05) is 0 Å². The van der Waals surface area contributed by atoms with Crippen LogP contribution in [0.3, 0.4) is 0 Å². The summed E-state index contributed by atoms with van der Waals surface area (Å²) < 4.78 is 83.2. The lowest BCUT2D eigenvalue weighted by Crippen LogP contribution is -2.60. The number of carbonyl (C=O) groups is 2. The number of benzene rings is 1. The number of fused-ring (bicyclic) bond motifs is 2. The van der Waals surface area contributed by atoms with Crippen molar-refractivity contribution >= 4 is 53.9 Å². The predicted octanol–water partition coefficient (Wildman–Crippen LogP) is 2.37. The summed E-state index contributed by atoms with van der Waals surface area (Å²) in [7, 11) is -7.98. The van der Waals surface area contributed by atoms with Gasteiger partial charge < -0.3 is 10.2 Å². The molecule has 3 atom stereocenters. The van der Waals surface area contributed by atoms with Gasteiger partial charge in [-0.15, -0.1) is 15.7 Å². The molecule has 0 bridgehead atoms. The Kier molecular flexibility index (Phi) is 6.90. The highest BCUT2D eigenvalue weighted by atomic mass is 32.2. The number of anilines is 1. The molecular weight excluding hydrogens is 562 g/mol. The summed E-state index contributed by atoms with van der Waals surface area (Å²) in [6, 6.07) is 2.56. The summed E-state index contributed by atoms with van der Waals surface area (Å²) >= 11 is 0.977. The van der Waals surface area contributed by atoms with Crippen molar-refractivity contribution in [3.8, 4) is 0 Å². The molecule has 38 heavy (non-hydrogen) atoms. The molecular formula is C23H24F2N4O6S3. The molecule has 1 unspecified atom stereocenters. The highest BCUT2D eigenvalue weighted by molar-refractivity contribution is 7.91. The number of amides is 1. The number of nitrogens with zero attached hydrogens (tertiary/aromatic N) is 2. The fraction of sp³-hybridized carbons (Fsp3) is 0.435. The van der Waals surface area contributed by atoms with Crippen molar-refractivity contribution in [3.05, 3.63) is 46.3 Å². The lowest BCUT2D eigenvalue weighted by Gasteiger charge is -2.46. The van der Waals surface area contributed by atoms with Gasteiger partial charge in [0.05, 0.1) is 6.26 Å². The standard InChI is InChI=1S/C23H24F2N4O6S3/c1-37(32,33)26-9-13-11-36-22-20(13)38(34,35)28-21(27-22)18-19(30)15-4-2-3-5-17(15)29(23(18)31)10-12-6-7-14(24)8-16(12)25/h6-8,11,15,17-18,26H,2-5,9-10H2,1H3,(H,27,28)/t15-,17+,18?/m0/s1. The van der Waals surface area contributed by atoms with Gasteiger partial charge in [-0.25, -0.2) is 21.9 Å². The molecule has 1 aromatic carbocycles. The lowest BCUT2D eigenvalue weighted by atomic mass is 9.73. The Morgan fingerprint density at radius 3 is 2.63 bits per heavy atom. The molecule has 2 fully saturated rings. The van der Waals surface area contributed by atoms with Crippen LogP contribution in [-0.2, 0) is 42.7 Å². The maximum atomic E-state index is 14.5. The van der Waals surface area contributed by atoms with Crippen LogP contribution in [0.25, 0.3) is 0 Å². The molecule has 5 rings (SSSR count). The summed E-state index contributed by atoms with van der Waals surface area (Å²) in [5.74, 6) is -5.21. The van der Waals surface area contributed by atoms with Crippen LogP contribution in [0.1, 0.15) is 36.8 Å². The first-order chi connectivity index (χ1) is 17.9. The van der Waals surface area contributed by atoms with Crippen molar-refractivity contribution in [1.82, 2.24) is 9.62 Å². The first kappa shape index (κ1) is 26.8. The minimum atomic E-state index is -4.38. The molecule has 2 N–H and O–H groups in total. The Bertz CT molecular complexity index is 1570. The third-order valence-electron chi connectivity index (χ3n) is 7.00. The lowest BCUT2D eigenvalue weighted by molar-refractivity contribution is -0.152. The van der Waals surface area contributed by atoms with Gasteiger partial charge in [-0.1, -0.05) is 18.9 Å².